The highest BCUT2D eigenvalue weighted by molar-refractivity contribution is 6.31. The topological polar surface area (TPSA) is 58.1 Å². The Bertz CT molecular complexity index is 1330. The van der Waals surface area contributed by atoms with Crippen molar-refractivity contribution in [3.05, 3.63) is 101 Å². The fourth-order valence-corrected chi connectivity index (χ4v) is 4.64. The second kappa shape index (κ2) is 11.1. The molecule has 0 radical (unpaired) electrons. The van der Waals surface area contributed by atoms with Crippen molar-refractivity contribution in [1.29, 1.82) is 0 Å². The molecule has 1 N–H and O–H groups in total. The van der Waals surface area contributed by atoms with Gasteiger partial charge in [0.05, 0.1) is 11.6 Å². The predicted molar refractivity (Wildman–Crippen MR) is 146 cm³/mol. The van der Waals surface area contributed by atoms with E-state index in [-0.39, 0.29) is 11.9 Å². The maximum absolute atomic E-state index is 12.9. The van der Waals surface area contributed by atoms with Gasteiger partial charge in [0.1, 0.15) is 11.6 Å². The van der Waals surface area contributed by atoms with E-state index in [1.54, 1.807) is 0 Å². The highest BCUT2D eigenvalue weighted by atomic mass is 35.5. The fourth-order valence-electron chi connectivity index (χ4n) is 4.48. The maximum atomic E-state index is 12.9. The molecule has 5 nitrogen and oxygen atoms in total. The number of rotatable bonds is 10. The molecule has 36 heavy (non-hydrogen) atoms. The van der Waals surface area contributed by atoms with Gasteiger partial charge in [-0.25, -0.2) is 9.97 Å². The van der Waals surface area contributed by atoms with Crippen LogP contribution in [0.1, 0.15) is 55.1 Å². The molecule has 1 atom stereocenters. The van der Waals surface area contributed by atoms with E-state index in [1.165, 1.54) is 5.56 Å². The first kappa shape index (κ1) is 24.3. The summed E-state index contributed by atoms with van der Waals surface area (Å²) < 4.78 is 0. The highest BCUT2D eigenvalue weighted by Gasteiger charge is 2.28. The van der Waals surface area contributed by atoms with Gasteiger partial charge in [-0.2, -0.15) is 0 Å². The van der Waals surface area contributed by atoms with Gasteiger partial charge in [-0.3, -0.25) is 4.79 Å². The summed E-state index contributed by atoms with van der Waals surface area (Å²) in [5.74, 6) is 2.21. The lowest BCUT2D eigenvalue weighted by Crippen LogP contribution is -2.34. The molecule has 1 fully saturated rings. The van der Waals surface area contributed by atoms with Crippen LogP contribution in [-0.4, -0.2) is 29.0 Å². The summed E-state index contributed by atoms with van der Waals surface area (Å²) in [4.78, 5) is 25.0. The highest BCUT2D eigenvalue weighted by Crippen LogP contribution is 2.40. The van der Waals surface area contributed by atoms with Crippen molar-refractivity contribution in [3.63, 3.8) is 0 Å². The van der Waals surface area contributed by atoms with Crippen molar-refractivity contribution in [2.75, 3.05) is 18.0 Å². The molecule has 0 saturated heterocycles. The van der Waals surface area contributed by atoms with Gasteiger partial charge < -0.3 is 10.2 Å². The molecule has 1 aromatic heterocycles. The van der Waals surface area contributed by atoms with Gasteiger partial charge in [-0.15, -0.1) is 0 Å². The zero-order valence-electron chi connectivity index (χ0n) is 20.5. The minimum Gasteiger partial charge on any atom is -0.355 e. The molecule has 0 unspecified atom stereocenters. The van der Waals surface area contributed by atoms with Gasteiger partial charge in [-0.1, -0.05) is 72.3 Å². The quantitative estimate of drug-likeness (QED) is 0.272. The van der Waals surface area contributed by atoms with E-state index >= 15 is 0 Å². The summed E-state index contributed by atoms with van der Waals surface area (Å²) in [7, 11) is 0. The van der Waals surface area contributed by atoms with Gasteiger partial charge in [0.2, 0.25) is 5.91 Å². The number of benzene rings is 3. The molecule has 6 heteroatoms. The van der Waals surface area contributed by atoms with E-state index in [1.807, 2.05) is 61.5 Å². The Morgan fingerprint density at radius 2 is 1.72 bits per heavy atom. The van der Waals surface area contributed by atoms with Crippen LogP contribution in [0, 0.1) is 0 Å². The van der Waals surface area contributed by atoms with E-state index in [0.29, 0.717) is 23.9 Å². The Balaban J connectivity index is 1.39. The molecular weight excluding hydrogens is 468 g/mol. The number of fused-ring (bicyclic) bond motifs is 1. The lowest BCUT2D eigenvalue weighted by molar-refractivity contribution is -0.121. The lowest BCUT2D eigenvalue weighted by atomic mass is 10.1. The molecular formula is C30H31ClN4O. The van der Waals surface area contributed by atoms with Crippen molar-refractivity contribution in [1.82, 2.24) is 15.3 Å². The van der Waals surface area contributed by atoms with Gasteiger partial charge in [0.15, 0.2) is 0 Å². The molecule has 5 rings (SSSR count). The Morgan fingerprint density at radius 3 is 2.44 bits per heavy atom. The number of anilines is 1. The van der Waals surface area contributed by atoms with Crippen LogP contribution < -0.4 is 10.2 Å². The summed E-state index contributed by atoms with van der Waals surface area (Å²) in [5.41, 5.74) is 3.22. The third kappa shape index (κ3) is 6.03. The Hall–Kier alpha value is -3.44. The van der Waals surface area contributed by atoms with Crippen LogP contribution in [0.3, 0.4) is 0 Å². The lowest BCUT2D eigenvalue weighted by Gasteiger charge is -2.26. The molecule has 0 spiro atoms. The van der Waals surface area contributed by atoms with Crippen molar-refractivity contribution in [3.8, 4) is 0 Å². The smallest absolute Gasteiger partial charge is 0.222 e. The Labute approximate surface area is 217 Å². The normalized spacial score (nSPS) is 13.9. The molecule has 0 aliphatic heterocycles. The summed E-state index contributed by atoms with van der Waals surface area (Å²) in [6.07, 6.45) is 3.48. The van der Waals surface area contributed by atoms with Crippen LogP contribution in [0.4, 0.5) is 5.82 Å². The van der Waals surface area contributed by atoms with Crippen LogP contribution in [0.2, 0.25) is 5.02 Å². The van der Waals surface area contributed by atoms with Crippen LogP contribution in [0.5, 0.6) is 0 Å². The van der Waals surface area contributed by atoms with Crippen LogP contribution in [0.15, 0.2) is 78.9 Å². The number of nitrogens with zero attached hydrogens (tertiary/aromatic N) is 3. The first-order valence-electron chi connectivity index (χ1n) is 12.7. The van der Waals surface area contributed by atoms with Crippen LogP contribution in [0.25, 0.3) is 10.9 Å². The summed E-state index contributed by atoms with van der Waals surface area (Å²) >= 11 is 6.31. The van der Waals surface area contributed by atoms with E-state index in [2.05, 4.69) is 34.5 Å². The van der Waals surface area contributed by atoms with Crippen LogP contribution in [-0.2, 0) is 11.2 Å². The minimum absolute atomic E-state index is 0.0277. The summed E-state index contributed by atoms with van der Waals surface area (Å²) in [6.45, 7) is 3.34. The minimum atomic E-state index is -0.0417. The third-order valence-electron chi connectivity index (χ3n) is 6.70. The predicted octanol–water partition coefficient (Wildman–Crippen LogP) is 6.48. The van der Waals surface area contributed by atoms with Gasteiger partial charge in [-0.05, 0) is 55.5 Å². The number of halogens is 1. The number of hydrogen-bond donors (Lipinski definition) is 1. The molecule has 4 aromatic rings. The van der Waals surface area contributed by atoms with Crippen LogP contribution >= 0.6 is 11.6 Å². The third-order valence-corrected chi connectivity index (χ3v) is 6.93. The fraction of sp³-hybridized carbons (Fsp3) is 0.300. The number of hydrogen-bond acceptors (Lipinski definition) is 4. The number of amides is 1. The number of carbonyl (C=O) groups is 1. The Kier molecular flexibility index (Phi) is 7.47. The summed E-state index contributed by atoms with van der Waals surface area (Å²) in [6, 6.07) is 26.2. The van der Waals surface area contributed by atoms with Crippen molar-refractivity contribution >= 4 is 34.2 Å². The second-order valence-electron chi connectivity index (χ2n) is 9.51. The molecule has 1 heterocycles. The zero-order valence-corrected chi connectivity index (χ0v) is 21.3. The molecule has 1 amide bonds. The molecule has 3 aromatic carbocycles. The maximum Gasteiger partial charge on any atom is 0.222 e. The van der Waals surface area contributed by atoms with Crippen molar-refractivity contribution in [2.24, 2.45) is 0 Å². The average molecular weight is 499 g/mol. The van der Waals surface area contributed by atoms with E-state index < -0.39 is 0 Å². The largest absolute Gasteiger partial charge is 0.355 e. The molecule has 1 aliphatic rings. The first-order valence-corrected chi connectivity index (χ1v) is 13.0. The number of nitrogens with one attached hydrogen (secondary N) is 1. The van der Waals surface area contributed by atoms with Crippen molar-refractivity contribution in [2.45, 2.75) is 44.6 Å². The van der Waals surface area contributed by atoms with Gasteiger partial charge >= 0.3 is 0 Å². The zero-order chi connectivity index (χ0) is 24.9. The average Bonchev–Trinajstić information content (AvgIpc) is 3.75. The van der Waals surface area contributed by atoms with E-state index in [0.717, 1.165) is 53.9 Å². The standard InChI is InChI=1S/C30H31ClN4O/c1-21(23-10-6-3-7-11-23)32-28(36)17-19-35(18-16-22-8-4-2-5-9-22)30-26-15-14-25(31)20-27(26)33-29(34-30)24-12-13-24/h2-11,14-15,20-21,24H,12-13,16-19H2,1H3,(H,32,36)/t21-/m0/s1. The molecule has 1 saturated carbocycles. The Morgan fingerprint density at radius 1 is 1.00 bits per heavy atom. The molecule has 0 bridgehead atoms. The number of carbonyl (C=O) groups excluding carboxylic acids is 1. The summed E-state index contributed by atoms with van der Waals surface area (Å²) in [5, 5.41) is 4.78. The van der Waals surface area contributed by atoms with Gasteiger partial charge in [0.25, 0.3) is 0 Å². The second-order valence-corrected chi connectivity index (χ2v) is 9.95. The van der Waals surface area contributed by atoms with Gasteiger partial charge in [0, 0.05) is 35.8 Å². The number of aromatic nitrogens is 2. The molecule has 184 valence electrons. The van der Waals surface area contributed by atoms with E-state index in [4.69, 9.17) is 21.6 Å². The van der Waals surface area contributed by atoms with Crippen molar-refractivity contribution < 1.29 is 4.79 Å². The van der Waals surface area contributed by atoms with E-state index in [9.17, 15) is 4.79 Å². The first-order chi connectivity index (χ1) is 17.6. The molecule has 1 aliphatic carbocycles. The SMILES string of the molecule is C[C@H](NC(=O)CCN(CCc1ccccc1)c1nc(C2CC2)nc2cc(Cl)ccc12)c1ccccc1. The monoisotopic (exact) mass is 498 g/mol.